The summed E-state index contributed by atoms with van der Waals surface area (Å²) < 4.78 is 37.9. The van der Waals surface area contributed by atoms with E-state index in [1.54, 1.807) is 17.1 Å². The van der Waals surface area contributed by atoms with Crippen molar-refractivity contribution in [1.29, 1.82) is 0 Å². The van der Waals surface area contributed by atoms with E-state index in [0.29, 0.717) is 50.5 Å². The third-order valence-electron chi connectivity index (χ3n) is 5.15. The molecular formula is C19H24N4O5S. The van der Waals surface area contributed by atoms with Gasteiger partial charge in [0.1, 0.15) is 6.61 Å². The van der Waals surface area contributed by atoms with E-state index in [9.17, 15) is 13.2 Å². The van der Waals surface area contributed by atoms with Crippen molar-refractivity contribution in [3.05, 3.63) is 36.7 Å². The van der Waals surface area contributed by atoms with Crippen LogP contribution in [0.3, 0.4) is 0 Å². The fourth-order valence-corrected chi connectivity index (χ4v) is 4.46. The van der Waals surface area contributed by atoms with Crippen molar-refractivity contribution in [2.45, 2.75) is 25.5 Å². The number of ether oxygens (including phenoxy) is 2. The summed E-state index contributed by atoms with van der Waals surface area (Å²) in [5.41, 5.74) is 0.609. The summed E-state index contributed by atoms with van der Waals surface area (Å²) in [5.74, 6) is 1.13. The fourth-order valence-electron chi connectivity index (χ4n) is 3.58. The summed E-state index contributed by atoms with van der Waals surface area (Å²) in [4.78, 5) is 12.5. The number of fused-ring (bicyclic) bond motifs is 1. The Kier molecular flexibility index (Phi) is 5.46. The molecule has 2 aliphatic rings. The van der Waals surface area contributed by atoms with Crippen LogP contribution in [0.2, 0.25) is 0 Å². The van der Waals surface area contributed by atoms with Crippen LogP contribution in [0.15, 0.2) is 36.7 Å². The lowest BCUT2D eigenvalue weighted by atomic mass is 9.97. The van der Waals surface area contributed by atoms with Gasteiger partial charge < -0.3 is 14.8 Å². The molecule has 1 fully saturated rings. The SMILES string of the molecule is CS(=O)(=O)N1CCC(C(=O)Nc2cnn(CC3COc4ccccc4O3)c2)CC1. The molecule has 1 aromatic carbocycles. The first-order chi connectivity index (χ1) is 13.9. The molecule has 10 heteroatoms. The molecule has 9 nitrogen and oxygen atoms in total. The monoisotopic (exact) mass is 420 g/mol. The highest BCUT2D eigenvalue weighted by Gasteiger charge is 2.29. The first-order valence-electron chi connectivity index (χ1n) is 9.55. The number of hydrogen-bond acceptors (Lipinski definition) is 6. The minimum Gasteiger partial charge on any atom is -0.486 e. The van der Waals surface area contributed by atoms with E-state index >= 15 is 0 Å². The number of anilines is 1. The highest BCUT2D eigenvalue weighted by atomic mass is 32.2. The zero-order valence-corrected chi connectivity index (χ0v) is 17.0. The van der Waals surface area contributed by atoms with Gasteiger partial charge >= 0.3 is 0 Å². The molecule has 0 bridgehead atoms. The molecule has 1 saturated heterocycles. The highest BCUT2D eigenvalue weighted by Crippen LogP contribution is 2.31. The lowest BCUT2D eigenvalue weighted by Crippen LogP contribution is -2.40. The molecule has 2 aliphatic heterocycles. The quantitative estimate of drug-likeness (QED) is 0.783. The number of sulfonamides is 1. The maximum Gasteiger partial charge on any atom is 0.227 e. The van der Waals surface area contributed by atoms with Crippen molar-refractivity contribution < 1.29 is 22.7 Å². The number of aromatic nitrogens is 2. The van der Waals surface area contributed by atoms with Crippen molar-refractivity contribution in [1.82, 2.24) is 14.1 Å². The Bertz CT molecular complexity index is 982. The van der Waals surface area contributed by atoms with Gasteiger partial charge in [0.25, 0.3) is 0 Å². The normalized spacial score (nSPS) is 20.4. The van der Waals surface area contributed by atoms with Gasteiger partial charge in [0.15, 0.2) is 17.6 Å². The number of carbonyl (C=O) groups is 1. The van der Waals surface area contributed by atoms with Gasteiger partial charge in [-0.25, -0.2) is 12.7 Å². The minimum atomic E-state index is -3.20. The van der Waals surface area contributed by atoms with Crippen LogP contribution >= 0.6 is 0 Å². The third kappa shape index (κ3) is 4.70. The number of nitrogens with zero attached hydrogens (tertiary/aromatic N) is 3. The summed E-state index contributed by atoms with van der Waals surface area (Å²) in [5, 5.41) is 7.16. The maximum atomic E-state index is 12.5. The Morgan fingerprint density at radius 1 is 1.24 bits per heavy atom. The Hall–Kier alpha value is -2.59. The number of benzene rings is 1. The van der Waals surface area contributed by atoms with Crippen LogP contribution in [0.25, 0.3) is 0 Å². The lowest BCUT2D eigenvalue weighted by molar-refractivity contribution is -0.120. The summed E-state index contributed by atoms with van der Waals surface area (Å²) in [6.07, 6.45) is 5.41. The maximum absolute atomic E-state index is 12.5. The van der Waals surface area contributed by atoms with E-state index in [4.69, 9.17) is 9.47 Å². The van der Waals surface area contributed by atoms with Crippen LogP contribution < -0.4 is 14.8 Å². The van der Waals surface area contributed by atoms with Crippen molar-refractivity contribution in [3.63, 3.8) is 0 Å². The average Bonchev–Trinajstić information content (AvgIpc) is 3.14. The number of nitrogens with one attached hydrogen (secondary N) is 1. The van der Waals surface area contributed by atoms with Gasteiger partial charge in [-0.15, -0.1) is 0 Å². The van der Waals surface area contributed by atoms with Gasteiger partial charge in [-0.2, -0.15) is 5.10 Å². The second kappa shape index (κ2) is 8.03. The molecule has 0 saturated carbocycles. The van der Waals surface area contributed by atoms with Gasteiger partial charge in [0.2, 0.25) is 15.9 Å². The summed E-state index contributed by atoms with van der Waals surface area (Å²) in [7, 11) is -3.20. The van der Waals surface area contributed by atoms with Gasteiger partial charge in [0.05, 0.1) is 24.7 Å². The van der Waals surface area contributed by atoms with Crippen LogP contribution in [-0.2, 0) is 21.4 Å². The van der Waals surface area contributed by atoms with Gasteiger partial charge in [0, 0.05) is 25.2 Å². The molecule has 1 unspecified atom stereocenters. The van der Waals surface area contributed by atoms with Gasteiger partial charge in [-0.3, -0.25) is 9.48 Å². The average molecular weight is 420 g/mol. The zero-order valence-electron chi connectivity index (χ0n) is 16.2. The lowest BCUT2D eigenvalue weighted by Gasteiger charge is -2.29. The Morgan fingerprint density at radius 3 is 2.69 bits per heavy atom. The Balaban J connectivity index is 1.29. The Morgan fingerprint density at radius 2 is 1.97 bits per heavy atom. The van der Waals surface area contributed by atoms with Gasteiger partial charge in [-0.05, 0) is 25.0 Å². The number of rotatable bonds is 5. The van der Waals surface area contributed by atoms with Gasteiger partial charge in [-0.1, -0.05) is 12.1 Å². The van der Waals surface area contributed by atoms with Crippen molar-refractivity contribution in [3.8, 4) is 11.5 Å². The molecule has 2 aromatic rings. The molecule has 1 N–H and O–H groups in total. The molecule has 1 atom stereocenters. The molecule has 3 heterocycles. The summed E-state index contributed by atoms with van der Waals surface area (Å²) >= 11 is 0. The first-order valence-corrected chi connectivity index (χ1v) is 11.4. The number of para-hydroxylation sites is 2. The van der Waals surface area contributed by atoms with E-state index in [-0.39, 0.29) is 17.9 Å². The second-order valence-corrected chi connectivity index (χ2v) is 9.36. The van der Waals surface area contributed by atoms with Crippen LogP contribution in [0.1, 0.15) is 12.8 Å². The van der Waals surface area contributed by atoms with Crippen molar-refractivity contribution in [2.24, 2.45) is 5.92 Å². The standard InChI is InChI=1S/C19H24N4O5S/c1-29(25,26)23-8-6-14(7-9-23)19(24)21-15-10-20-22(11-15)12-16-13-27-17-4-2-3-5-18(17)28-16/h2-5,10-11,14,16H,6-9,12-13H2,1H3,(H,21,24). The number of hydrogen-bond donors (Lipinski definition) is 1. The molecule has 29 heavy (non-hydrogen) atoms. The molecule has 0 spiro atoms. The molecule has 1 aromatic heterocycles. The van der Waals surface area contributed by atoms with E-state index in [0.717, 1.165) is 5.75 Å². The Labute approximate surface area is 169 Å². The topological polar surface area (TPSA) is 103 Å². The molecule has 156 valence electrons. The van der Waals surface area contributed by atoms with Crippen LogP contribution in [0, 0.1) is 5.92 Å². The van der Waals surface area contributed by atoms with E-state index in [1.807, 2.05) is 24.3 Å². The predicted molar refractivity (Wildman–Crippen MR) is 106 cm³/mol. The zero-order chi connectivity index (χ0) is 20.4. The van der Waals surface area contributed by atoms with Crippen LogP contribution in [-0.4, -0.2) is 60.5 Å². The van der Waals surface area contributed by atoms with Crippen molar-refractivity contribution in [2.75, 3.05) is 31.3 Å². The van der Waals surface area contributed by atoms with Crippen LogP contribution in [0.4, 0.5) is 5.69 Å². The van der Waals surface area contributed by atoms with E-state index in [1.165, 1.54) is 10.6 Å². The first kappa shape index (κ1) is 19.7. The number of amides is 1. The van der Waals surface area contributed by atoms with Crippen LogP contribution in [0.5, 0.6) is 11.5 Å². The second-order valence-electron chi connectivity index (χ2n) is 7.37. The van der Waals surface area contributed by atoms with E-state index < -0.39 is 10.0 Å². The predicted octanol–water partition coefficient (Wildman–Crippen LogP) is 1.33. The third-order valence-corrected chi connectivity index (χ3v) is 6.46. The molecule has 1 amide bonds. The largest absolute Gasteiger partial charge is 0.486 e. The molecule has 4 rings (SSSR count). The van der Waals surface area contributed by atoms with Crippen molar-refractivity contribution >= 4 is 21.6 Å². The summed E-state index contributed by atoms with van der Waals surface area (Å²) in [6, 6.07) is 7.53. The smallest absolute Gasteiger partial charge is 0.227 e. The molecule has 0 aliphatic carbocycles. The molecular weight excluding hydrogens is 396 g/mol. The molecule has 0 radical (unpaired) electrons. The van der Waals surface area contributed by atoms with E-state index in [2.05, 4.69) is 10.4 Å². The number of carbonyl (C=O) groups excluding carboxylic acids is 1. The number of piperidine rings is 1. The highest BCUT2D eigenvalue weighted by molar-refractivity contribution is 7.88. The fraction of sp³-hybridized carbons (Fsp3) is 0.474. The minimum absolute atomic E-state index is 0.108. The summed E-state index contributed by atoms with van der Waals surface area (Å²) in [6.45, 7) is 1.67.